The summed E-state index contributed by atoms with van der Waals surface area (Å²) in [5.74, 6) is 0.893. The molecule has 0 amide bonds. The van der Waals surface area contributed by atoms with Crippen LogP contribution < -0.4 is 10.1 Å². The van der Waals surface area contributed by atoms with Gasteiger partial charge in [0.2, 0.25) is 0 Å². The molecule has 0 aromatic heterocycles. The van der Waals surface area contributed by atoms with E-state index in [-0.39, 0.29) is 5.54 Å². The Balaban J connectivity index is 2.12. The number of rotatable bonds is 6. The van der Waals surface area contributed by atoms with Crippen LogP contribution in [0.25, 0.3) is 10.8 Å². The van der Waals surface area contributed by atoms with Crippen molar-refractivity contribution >= 4 is 10.8 Å². The molecule has 0 aliphatic rings. The van der Waals surface area contributed by atoms with E-state index in [2.05, 4.69) is 49.5 Å². The minimum absolute atomic E-state index is 0.0242. The van der Waals surface area contributed by atoms with E-state index >= 15 is 0 Å². The molecule has 3 heteroatoms. The molecule has 0 spiro atoms. The molecule has 1 N–H and O–H groups in total. The maximum absolute atomic E-state index is 5.25. The van der Waals surface area contributed by atoms with E-state index in [1.165, 1.54) is 16.3 Å². The van der Waals surface area contributed by atoms with Crippen molar-refractivity contribution in [3.63, 3.8) is 0 Å². The van der Waals surface area contributed by atoms with E-state index in [4.69, 9.17) is 9.47 Å². The highest BCUT2D eigenvalue weighted by Gasteiger charge is 2.16. The lowest BCUT2D eigenvalue weighted by Gasteiger charge is -2.25. The van der Waals surface area contributed by atoms with Crippen molar-refractivity contribution in [2.45, 2.75) is 25.9 Å². The second kappa shape index (κ2) is 6.25. The summed E-state index contributed by atoms with van der Waals surface area (Å²) in [4.78, 5) is 0. The number of methoxy groups -OCH3 is 2. The van der Waals surface area contributed by atoms with Crippen LogP contribution in [0.15, 0.2) is 36.4 Å². The summed E-state index contributed by atoms with van der Waals surface area (Å²) in [6.45, 7) is 5.81. The Morgan fingerprint density at radius 3 is 2.40 bits per heavy atom. The molecule has 2 aromatic rings. The van der Waals surface area contributed by atoms with Gasteiger partial charge in [-0.15, -0.1) is 0 Å². The molecule has 0 aliphatic heterocycles. The van der Waals surface area contributed by atoms with Gasteiger partial charge in [0.05, 0.1) is 13.7 Å². The third kappa shape index (κ3) is 3.71. The van der Waals surface area contributed by atoms with E-state index in [1.54, 1.807) is 14.2 Å². The SMILES string of the molecule is COCC(C)(C)NCc1ccc2cc(OC)ccc2c1. The topological polar surface area (TPSA) is 30.5 Å². The van der Waals surface area contributed by atoms with Crippen molar-refractivity contribution in [2.24, 2.45) is 0 Å². The average molecular weight is 273 g/mol. The van der Waals surface area contributed by atoms with Crippen molar-refractivity contribution in [2.75, 3.05) is 20.8 Å². The van der Waals surface area contributed by atoms with E-state index < -0.39 is 0 Å². The van der Waals surface area contributed by atoms with Crippen molar-refractivity contribution in [1.82, 2.24) is 5.32 Å². The summed E-state index contributed by atoms with van der Waals surface area (Å²) in [5, 5.41) is 5.94. The van der Waals surface area contributed by atoms with Gasteiger partial charge in [-0.05, 0) is 48.4 Å². The van der Waals surface area contributed by atoms with E-state index in [1.807, 2.05) is 6.07 Å². The molecule has 0 heterocycles. The Bertz CT molecular complexity index is 578. The molecule has 2 aromatic carbocycles. The standard InChI is InChI=1S/C17H23NO2/c1-17(2,12-19-3)18-11-13-5-6-15-10-16(20-4)8-7-14(15)9-13/h5-10,18H,11-12H2,1-4H3. The number of ether oxygens (including phenoxy) is 2. The third-order valence-corrected chi connectivity index (χ3v) is 3.39. The molecule has 0 aliphatic carbocycles. The smallest absolute Gasteiger partial charge is 0.119 e. The Morgan fingerprint density at radius 2 is 1.70 bits per heavy atom. The lowest BCUT2D eigenvalue weighted by atomic mass is 10.0. The Labute approximate surface area is 120 Å². The molecule has 0 saturated heterocycles. The van der Waals surface area contributed by atoms with E-state index in [0.29, 0.717) is 6.61 Å². The van der Waals surface area contributed by atoms with Crippen LogP contribution in [0.3, 0.4) is 0 Å². The number of benzene rings is 2. The van der Waals surface area contributed by atoms with Crippen LogP contribution in [-0.2, 0) is 11.3 Å². The maximum atomic E-state index is 5.25. The lowest BCUT2D eigenvalue weighted by Crippen LogP contribution is -2.42. The summed E-state index contributed by atoms with van der Waals surface area (Å²) in [6.07, 6.45) is 0. The first-order valence-electron chi connectivity index (χ1n) is 6.85. The predicted octanol–water partition coefficient (Wildman–Crippen LogP) is 3.36. The zero-order valence-corrected chi connectivity index (χ0v) is 12.7. The first kappa shape index (κ1) is 14.8. The molecule has 108 valence electrons. The van der Waals surface area contributed by atoms with Gasteiger partial charge in [0.25, 0.3) is 0 Å². The largest absolute Gasteiger partial charge is 0.497 e. The van der Waals surface area contributed by atoms with Crippen LogP contribution in [-0.4, -0.2) is 26.4 Å². The highest BCUT2D eigenvalue weighted by Crippen LogP contribution is 2.22. The summed E-state index contributed by atoms with van der Waals surface area (Å²) < 4.78 is 10.5. The van der Waals surface area contributed by atoms with Gasteiger partial charge in [0.1, 0.15) is 5.75 Å². The monoisotopic (exact) mass is 273 g/mol. The molecular weight excluding hydrogens is 250 g/mol. The molecular formula is C17H23NO2. The second-order valence-corrected chi connectivity index (χ2v) is 5.72. The Morgan fingerprint density at radius 1 is 1.00 bits per heavy atom. The van der Waals surface area contributed by atoms with Crippen LogP contribution in [0, 0.1) is 0 Å². The van der Waals surface area contributed by atoms with Crippen LogP contribution in [0.5, 0.6) is 5.75 Å². The molecule has 0 radical (unpaired) electrons. The van der Waals surface area contributed by atoms with Crippen molar-refractivity contribution in [3.8, 4) is 5.75 Å². The van der Waals surface area contributed by atoms with Crippen LogP contribution in [0.1, 0.15) is 19.4 Å². The summed E-state index contributed by atoms with van der Waals surface area (Å²) in [7, 11) is 3.42. The number of fused-ring (bicyclic) bond motifs is 1. The first-order chi connectivity index (χ1) is 9.54. The fourth-order valence-electron chi connectivity index (χ4n) is 2.26. The Kier molecular flexibility index (Phi) is 4.63. The maximum Gasteiger partial charge on any atom is 0.119 e. The van der Waals surface area contributed by atoms with Gasteiger partial charge in [-0.1, -0.05) is 18.2 Å². The number of hydrogen-bond acceptors (Lipinski definition) is 3. The van der Waals surface area contributed by atoms with Crippen LogP contribution in [0.4, 0.5) is 0 Å². The second-order valence-electron chi connectivity index (χ2n) is 5.72. The van der Waals surface area contributed by atoms with Gasteiger partial charge < -0.3 is 14.8 Å². The molecule has 2 rings (SSSR count). The number of nitrogens with one attached hydrogen (secondary N) is 1. The fraction of sp³-hybridized carbons (Fsp3) is 0.412. The van der Waals surface area contributed by atoms with Crippen molar-refractivity contribution < 1.29 is 9.47 Å². The van der Waals surface area contributed by atoms with Crippen LogP contribution >= 0.6 is 0 Å². The highest BCUT2D eigenvalue weighted by molar-refractivity contribution is 5.84. The normalized spacial score (nSPS) is 11.8. The molecule has 20 heavy (non-hydrogen) atoms. The fourth-order valence-corrected chi connectivity index (χ4v) is 2.26. The van der Waals surface area contributed by atoms with Gasteiger partial charge in [-0.2, -0.15) is 0 Å². The van der Waals surface area contributed by atoms with Gasteiger partial charge >= 0.3 is 0 Å². The third-order valence-electron chi connectivity index (χ3n) is 3.39. The average Bonchev–Trinajstić information content (AvgIpc) is 2.44. The van der Waals surface area contributed by atoms with Crippen LogP contribution in [0.2, 0.25) is 0 Å². The van der Waals surface area contributed by atoms with Gasteiger partial charge in [0, 0.05) is 19.2 Å². The first-order valence-corrected chi connectivity index (χ1v) is 6.85. The minimum atomic E-state index is -0.0242. The zero-order chi connectivity index (χ0) is 14.6. The molecule has 0 saturated carbocycles. The lowest BCUT2D eigenvalue weighted by molar-refractivity contribution is 0.128. The molecule has 0 atom stereocenters. The zero-order valence-electron chi connectivity index (χ0n) is 12.7. The van der Waals surface area contributed by atoms with Gasteiger partial charge in [-0.3, -0.25) is 0 Å². The van der Waals surface area contributed by atoms with Crippen molar-refractivity contribution in [3.05, 3.63) is 42.0 Å². The highest BCUT2D eigenvalue weighted by atomic mass is 16.5. The summed E-state index contributed by atoms with van der Waals surface area (Å²) >= 11 is 0. The molecule has 3 nitrogen and oxygen atoms in total. The van der Waals surface area contributed by atoms with E-state index in [9.17, 15) is 0 Å². The summed E-state index contributed by atoms with van der Waals surface area (Å²) in [5.41, 5.74) is 1.25. The van der Waals surface area contributed by atoms with Crippen molar-refractivity contribution in [1.29, 1.82) is 0 Å². The quantitative estimate of drug-likeness (QED) is 0.875. The Hall–Kier alpha value is -1.58. The molecule has 0 bridgehead atoms. The molecule has 0 fully saturated rings. The van der Waals surface area contributed by atoms with Gasteiger partial charge in [0.15, 0.2) is 0 Å². The van der Waals surface area contributed by atoms with E-state index in [0.717, 1.165) is 12.3 Å². The molecule has 0 unspecified atom stereocenters. The predicted molar refractivity (Wildman–Crippen MR) is 83.3 cm³/mol. The minimum Gasteiger partial charge on any atom is -0.497 e. The summed E-state index contributed by atoms with van der Waals surface area (Å²) in [6, 6.07) is 12.6. The number of hydrogen-bond donors (Lipinski definition) is 1. The van der Waals surface area contributed by atoms with Gasteiger partial charge in [-0.25, -0.2) is 0 Å².